The van der Waals surface area contributed by atoms with E-state index in [1.807, 2.05) is 0 Å². The smallest absolute Gasteiger partial charge is 0.307 e. The number of nitrogens with zero attached hydrogens (tertiary/aromatic N) is 1. The number of carbonyl (C=O) groups is 1. The van der Waals surface area contributed by atoms with E-state index < -0.39 is 15.8 Å². The van der Waals surface area contributed by atoms with E-state index in [2.05, 4.69) is 0 Å². The molecule has 1 aliphatic heterocycles. The molecule has 0 atom stereocenters. The zero-order valence-corrected chi connectivity index (χ0v) is 11.2. The van der Waals surface area contributed by atoms with Crippen molar-refractivity contribution in [1.29, 1.82) is 0 Å². The van der Waals surface area contributed by atoms with Crippen molar-refractivity contribution < 1.29 is 18.3 Å². The summed E-state index contributed by atoms with van der Waals surface area (Å²) in [6.07, 6.45) is 0.740. The molecule has 0 saturated heterocycles. The van der Waals surface area contributed by atoms with Crippen LogP contribution in [0.25, 0.3) is 0 Å². The molecule has 8 heteroatoms. The minimum atomic E-state index is -3.07. The Morgan fingerprint density at radius 3 is 2.83 bits per heavy atom. The van der Waals surface area contributed by atoms with Gasteiger partial charge >= 0.3 is 10.8 Å². The molecule has 6 nitrogen and oxygen atoms in total. The van der Waals surface area contributed by atoms with E-state index in [-0.39, 0.29) is 22.8 Å². The van der Waals surface area contributed by atoms with Gasteiger partial charge < -0.3 is 9.67 Å². The summed E-state index contributed by atoms with van der Waals surface area (Å²) in [5.74, 6) is -0.891. The second-order valence-corrected chi connectivity index (χ2v) is 7.46. The number of thiazole rings is 1. The van der Waals surface area contributed by atoms with Crippen LogP contribution in [-0.2, 0) is 33.4 Å². The van der Waals surface area contributed by atoms with Crippen LogP contribution in [-0.4, -0.2) is 29.8 Å². The molecule has 2 heterocycles. The van der Waals surface area contributed by atoms with E-state index in [9.17, 15) is 18.0 Å². The normalized spacial score (nSPS) is 17.3. The SMILES string of the molecule is O=C(O)CCCn1c2c(sc1=O)CS(=O)(=O)CC2. The van der Waals surface area contributed by atoms with Gasteiger partial charge in [-0.15, -0.1) is 0 Å². The second-order valence-electron chi connectivity index (χ2n) is 4.23. The van der Waals surface area contributed by atoms with Crippen molar-refractivity contribution in [3.63, 3.8) is 0 Å². The first-order valence-corrected chi connectivity index (χ1v) is 8.16. The maximum atomic E-state index is 11.7. The Morgan fingerprint density at radius 2 is 2.17 bits per heavy atom. The van der Waals surface area contributed by atoms with E-state index in [0.29, 0.717) is 24.3 Å². The van der Waals surface area contributed by atoms with Gasteiger partial charge in [-0.05, 0) is 6.42 Å². The number of rotatable bonds is 4. The lowest BCUT2D eigenvalue weighted by molar-refractivity contribution is -0.137. The van der Waals surface area contributed by atoms with Crippen molar-refractivity contribution in [2.75, 3.05) is 5.75 Å². The minimum absolute atomic E-state index is 0.00928. The highest BCUT2D eigenvalue weighted by Crippen LogP contribution is 2.23. The third-order valence-electron chi connectivity index (χ3n) is 2.85. The molecular formula is C10H13NO5S2. The summed E-state index contributed by atoms with van der Waals surface area (Å²) in [6.45, 7) is 0.344. The molecule has 0 bridgehead atoms. The number of carboxylic acid groups (broad SMARTS) is 1. The Hall–Kier alpha value is -1.15. The number of aliphatic carboxylic acids is 1. The zero-order valence-electron chi connectivity index (χ0n) is 9.59. The van der Waals surface area contributed by atoms with Gasteiger partial charge in [-0.3, -0.25) is 9.59 Å². The maximum absolute atomic E-state index is 11.7. The summed E-state index contributed by atoms with van der Waals surface area (Å²) in [7, 11) is -3.07. The van der Waals surface area contributed by atoms with Gasteiger partial charge in [0, 0.05) is 30.0 Å². The van der Waals surface area contributed by atoms with Crippen LogP contribution in [0.15, 0.2) is 4.79 Å². The van der Waals surface area contributed by atoms with E-state index in [4.69, 9.17) is 5.11 Å². The monoisotopic (exact) mass is 291 g/mol. The minimum Gasteiger partial charge on any atom is -0.481 e. The molecule has 0 spiro atoms. The Morgan fingerprint density at radius 1 is 1.44 bits per heavy atom. The van der Waals surface area contributed by atoms with Crippen LogP contribution in [0, 0.1) is 0 Å². The quantitative estimate of drug-likeness (QED) is 0.858. The Balaban J connectivity index is 2.21. The lowest BCUT2D eigenvalue weighted by Gasteiger charge is -2.14. The average molecular weight is 291 g/mol. The second kappa shape index (κ2) is 4.85. The fourth-order valence-electron chi connectivity index (χ4n) is 2.01. The van der Waals surface area contributed by atoms with Crippen molar-refractivity contribution in [2.24, 2.45) is 0 Å². The van der Waals surface area contributed by atoms with E-state index >= 15 is 0 Å². The maximum Gasteiger partial charge on any atom is 0.307 e. The molecule has 2 rings (SSSR count). The predicted molar refractivity (Wildman–Crippen MR) is 66.6 cm³/mol. The standard InChI is InChI=1S/C10H13NO5S2/c12-9(13)2-1-4-11-7-3-5-18(15,16)6-8(7)17-10(11)14/h1-6H2,(H,12,13). The van der Waals surface area contributed by atoms with Crippen molar-refractivity contribution in [2.45, 2.75) is 31.6 Å². The van der Waals surface area contributed by atoms with Crippen LogP contribution >= 0.6 is 11.3 Å². The summed E-state index contributed by atoms with van der Waals surface area (Å²) < 4.78 is 24.4. The van der Waals surface area contributed by atoms with E-state index in [1.54, 1.807) is 0 Å². The molecular weight excluding hydrogens is 278 g/mol. The molecule has 1 aromatic heterocycles. The molecule has 1 aromatic rings. The van der Waals surface area contributed by atoms with Crippen LogP contribution in [0.4, 0.5) is 0 Å². The Labute approximate surface area is 108 Å². The molecule has 0 unspecified atom stereocenters. The Kier molecular flexibility index (Phi) is 3.58. The average Bonchev–Trinajstić information content (AvgIpc) is 2.52. The van der Waals surface area contributed by atoms with E-state index in [1.165, 1.54) is 4.57 Å². The molecule has 0 aliphatic carbocycles. The van der Waals surface area contributed by atoms with Gasteiger partial charge in [0.15, 0.2) is 9.84 Å². The lowest BCUT2D eigenvalue weighted by Crippen LogP contribution is -2.23. The molecule has 18 heavy (non-hydrogen) atoms. The van der Waals surface area contributed by atoms with Gasteiger partial charge in [-0.25, -0.2) is 8.42 Å². The van der Waals surface area contributed by atoms with Gasteiger partial charge in [0.1, 0.15) is 0 Å². The fourth-order valence-corrected chi connectivity index (χ4v) is 4.85. The van der Waals surface area contributed by atoms with Crippen LogP contribution in [0.5, 0.6) is 0 Å². The number of aromatic nitrogens is 1. The first kappa shape index (κ1) is 13.3. The number of hydrogen-bond donors (Lipinski definition) is 1. The third kappa shape index (κ3) is 2.81. The molecule has 1 aliphatic rings. The van der Waals surface area contributed by atoms with Crippen molar-refractivity contribution in [3.8, 4) is 0 Å². The van der Waals surface area contributed by atoms with Gasteiger partial charge in [-0.2, -0.15) is 0 Å². The molecule has 0 amide bonds. The highest BCUT2D eigenvalue weighted by Gasteiger charge is 2.26. The summed E-state index contributed by atoms with van der Waals surface area (Å²) >= 11 is 0.959. The highest BCUT2D eigenvalue weighted by atomic mass is 32.2. The fraction of sp³-hybridized carbons (Fsp3) is 0.600. The topological polar surface area (TPSA) is 93.4 Å². The Bertz CT molecular complexity index is 625. The number of fused-ring (bicyclic) bond motifs is 1. The number of sulfone groups is 1. The van der Waals surface area contributed by atoms with Gasteiger partial charge in [0.2, 0.25) is 0 Å². The zero-order chi connectivity index (χ0) is 13.3. The molecule has 0 radical (unpaired) electrons. The third-order valence-corrected chi connectivity index (χ3v) is 5.61. The first-order valence-electron chi connectivity index (χ1n) is 5.52. The number of hydrogen-bond acceptors (Lipinski definition) is 5. The van der Waals surface area contributed by atoms with Crippen molar-refractivity contribution >= 4 is 27.1 Å². The summed E-state index contributed by atoms with van der Waals surface area (Å²) in [5.41, 5.74) is 0.769. The van der Waals surface area contributed by atoms with Gasteiger partial charge in [-0.1, -0.05) is 11.3 Å². The van der Waals surface area contributed by atoms with Crippen LogP contribution in [0.2, 0.25) is 0 Å². The largest absolute Gasteiger partial charge is 0.481 e. The summed E-state index contributed by atoms with van der Waals surface area (Å²) in [5, 5.41) is 8.55. The molecule has 0 saturated carbocycles. The van der Waals surface area contributed by atoms with Gasteiger partial charge in [0.25, 0.3) is 0 Å². The number of carboxylic acids is 1. The van der Waals surface area contributed by atoms with Crippen LogP contribution < -0.4 is 4.87 Å². The van der Waals surface area contributed by atoms with Crippen molar-refractivity contribution in [3.05, 3.63) is 20.2 Å². The van der Waals surface area contributed by atoms with Crippen LogP contribution in [0.1, 0.15) is 23.4 Å². The van der Waals surface area contributed by atoms with Gasteiger partial charge in [0.05, 0.1) is 11.5 Å². The molecule has 0 aromatic carbocycles. The highest BCUT2D eigenvalue weighted by molar-refractivity contribution is 7.90. The summed E-state index contributed by atoms with van der Waals surface area (Å²) in [6, 6.07) is 0. The lowest BCUT2D eigenvalue weighted by atomic mass is 10.2. The molecule has 100 valence electrons. The molecule has 1 N–H and O–H groups in total. The van der Waals surface area contributed by atoms with Crippen LogP contribution in [0.3, 0.4) is 0 Å². The van der Waals surface area contributed by atoms with Crippen molar-refractivity contribution in [1.82, 2.24) is 4.57 Å². The van der Waals surface area contributed by atoms with E-state index in [0.717, 1.165) is 17.0 Å². The summed E-state index contributed by atoms with van der Waals surface area (Å²) in [4.78, 5) is 22.6. The molecule has 0 fully saturated rings. The predicted octanol–water partition coefficient (Wildman–Crippen LogP) is 0.246. The first-order chi connectivity index (χ1) is 8.39.